The maximum absolute atomic E-state index is 11.9. The predicted molar refractivity (Wildman–Crippen MR) is 73.2 cm³/mol. The molecule has 1 unspecified atom stereocenters. The Morgan fingerprint density at radius 1 is 1.59 bits per heavy atom. The predicted octanol–water partition coefficient (Wildman–Crippen LogP) is 3.37. The molecule has 1 aromatic rings. The number of amides is 1. The molecule has 0 saturated carbocycles. The highest BCUT2D eigenvalue weighted by molar-refractivity contribution is 7.14. The summed E-state index contributed by atoms with van der Waals surface area (Å²) in [5.74, 6) is 0.0596. The van der Waals surface area contributed by atoms with Crippen LogP contribution >= 0.6 is 22.9 Å². The number of nitrogens with one attached hydrogen (secondary N) is 1. The van der Waals surface area contributed by atoms with Gasteiger partial charge in [-0.3, -0.25) is 4.79 Å². The lowest BCUT2D eigenvalue weighted by molar-refractivity contribution is 0.0957. The lowest BCUT2D eigenvalue weighted by Gasteiger charge is -2.06. The summed E-state index contributed by atoms with van der Waals surface area (Å²) in [7, 11) is 0. The van der Waals surface area contributed by atoms with Crippen LogP contribution in [0.15, 0.2) is 6.07 Å². The summed E-state index contributed by atoms with van der Waals surface area (Å²) in [5.41, 5.74) is 1.38. The van der Waals surface area contributed by atoms with Crippen molar-refractivity contribution in [2.24, 2.45) is 0 Å². The molecule has 0 bridgehead atoms. The van der Waals surface area contributed by atoms with Crippen molar-refractivity contribution in [1.82, 2.24) is 5.32 Å². The first-order valence-electron chi connectivity index (χ1n) is 6.24. The van der Waals surface area contributed by atoms with Gasteiger partial charge in [0.15, 0.2) is 0 Å². The van der Waals surface area contributed by atoms with Crippen LogP contribution in [-0.4, -0.2) is 17.8 Å². The Bertz CT molecular complexity index is 381. The third kappa shape index (κ3) is 3.23. The number of hydrogen-bond donors (Lipinski definition) is 1. The number of fused-ring (bicyclic) bond motifs is 1. The summed E-state index contributed by atoms with van der Waals surface area (Å²) < 4.78 is 0. The van der Waals surface area contributed by atoms with Gasteiger partial charge >= 0.3 is 0 Å². The van der Waals surface area contributed by atoms with E-state index >= 15 is 0 Å². The summed E-state index contributed by atoms with van der Waals surface area (Å²) in [6.45, 7) is 2.73. The van der Waals surface area contributed by atoms with E-state index in [1.807, 2.05) is 0 Å². The minimum atomic E-state index is 0.0596. The van der Waals surface area contributed by atoms with Gasteiger partial charge in [-0.25, -0.2) is 0 Å². The molecule has 4 heteroatoms. The summed E-state index contributed by atoms with van der Waals surface area (Å²) in [6.07, 6.45) is 5.32. The number of alkyl halides is 1. The second kappa shape index (κ2) is 5.87. The minimum Gasteiger partial charge on any atom is -0.351 e. The van der Waals surface area contributed by atoms with Gasteiger partial charge in [-0.1, -0.05) is 6.92 Å². The van der Waals surface area contributed by atoms with Crippen LogP contribution in [0.5, 0.6) is 0 Å². The Kier molecular flexibility index (Phi) is 4.46. The molecule has 1 aliphatic carbocycles. The Balaban J connectivity index is 1.83. The van der Waals surface area contributed by atoms with Crippen LogP contribution < -0.4 is 5.32 Å². The van der Waals surface area contributed by atoms with E-state index in [1.54, 1.807) is 11.3 Å². The van der Waals surface area contributed by atoms with Gasteiger partial charge in [-0.2, -0.15) is 0 Å². The molecule has 0 radical (unpaired) electrons. The number of aryl methyl sites for hydroxylation is 2. The van der Waals surface area contributed by atoms with E-state index in [9.17, 15) is 4.79 Å². The fraction of sp³-hybridized carbons (Fsp3) is 0.615. The topological polar surface area (TPSA) is 29.1 Å². The Labute approximate surface area is 111 Å². The zero-order valence-corrected chi connectivity index (χ0v) is 11.7. The molecule has 0 saturated heterocycles. The van der Waals surface area contributed by atoms with Crippen LogP contribution in [0.25, 0.3) is 0 Å². The largest absolute Gasteiger partial charge is 0.351 e. The third-order valence-corrected chi connectivity index (χ3v) is 4.92. The Hall–Kier alpha value is -0.540. The second-order valence-electron chi connectivity index (χ2n) is 4.46. The van der Waals surface area contributed by atoms with Gasteiger partial charge in [0.2, 0.25) is 0 Å². The highest BCUT2D eigenvalue weighted by Crippen LogP contribution is 2.30. The molecular formula is C13H18ClNOS. The molecule has 94 valence electrons. The maximum atomic E-state index is 11.9. The van der Waals surface area contributed by atoms with Crippen molar-refractivity contribution in [2.45, 2.75) is 44.4 Å². The van der Waals surface area contributed by atoms with E-state index in [4.69, 9.17) is 11.6 Å². The van der Waals surface area contributed by atoms with E-state index in [-0.39, 0.29) is 11.3 Å². The van der Waals surface area contributed by atoms with Gasteiger partial charge < -0.3 is 5.32 Å². The molecule has 17 heavy (non-hydrogen) atoms. The highest BCUT2D eigenvalue weighted by Gasteiger charge is 2.18. The van der Waals surface area contributed by atoms with Gasteiger partial charge in [0.25, 0.3) is 5.91 Å². The fourth-order valence-corrected chi connectivity index (χ4v) is 3.35. The monoisotopic (exact) mass is 271 g/mol. The molecular weight excluding hydrogens is 254 g/mol. The second-order valence-corrected chi connectivity index (χ2v) is 6.22. The summed E-state index contributed by atoms with van der Waals surface area (Å²) >= 11 is 7.66. The average molecular weight is 272 g/mol. The number of rotatable bonds is 5. The van der Waals surface area contributed by atoms with E-state index in [2.05, 4.69) is 18.3 Å². The minimum absolute atomic E-state index is 0.0596. The lowest BCUT2D eigenvalue weighted by atomic mass is 10.2. The molecule has 0 aromatic carbocycles. The van der Waals surface area contributed by atoms with Gasteiger partial charge in [0.1, 0.15) is 0 Å². The number of carbonyl (C=O) groups excluding carboxylic acids is 1. The molecule has 2 nitrogen and oxygen atoms in total. The molecule has 1 aliphatic rings. The first kappa shape index (κ1) is 12.9. The van der Waals surface area contributed by atoms with Crippen molar-refractivity contribution in [2.75, 3.05) is 6.54 Å². The van der Waals surface area contributed by atoms with Crippen LogP contribution in [-0.2, 0) is 12.8 Å². The van der Waals surface area contributed by atoms with Crippen molar-refractivity contribution >= 4 is 28.8 Å². The van der Waals surface area contributed by atoms with Crippen molar-refractivity contribution in [3.63, 3.8) is 0 Å². The van der Waals surface area contributed by atoms with Gasteiger partial charge in [0, 0.05) is 16.8 Å². The molecule has 2 rings (SSSR count). The standard InChI is InChI=1S/C13H18ClNOS/c1-2-10(14)6-7-15-13(16)12-8-9-4-3-5-11(9)17-12/h8,10H,2-7H2,1H3,(H,15,16). The number of carbonyl (C=O) groups is 1. The molecule has 1 heterocycles. The summed E-state index contributed by atoms with van der Waals surface area (Å²) in [4.78, 5) is 14.1. The van der Waals surface area contributed by atoms with Crippen LogP contribution in [0.2, 0.25) is 0 Å². The number of halogens is 1. The first-order chi connectivity index (χ1) is 8.20. The van der Waals surface area contributed by atoms with Crippen molar-refractivity contribution < 1.29 is 4.79 Å². The smallest absolute Gasteiger partial charge is 0.261 e. The summed E-state index contributed by atoms with van der Waals surface area (Å²) in [5, 5.41) is 3.11. The normalized spacial score (nSPS) is 15.6. The zero-order valence-electron chi connectivity index (χ0n) is 10.1. The van der Waals surface area contributed by atoms with E-state index in [1.165, 1.54) is 16.9 Å². The van der Waals surface area contributed by atoms with Crippen molar-refractivity contribution in [1.29, 1.82) is 0 Å². The van der Waals surface area contributed by atoms with Crippen LogP contribution in [0.3, 0.4) is 0 Å². The highest BCUT2D eigenvalue weighted by atomic mass is 35.5. The fourth-order valence-electron chi connectivity index (χ4n) is 2.07. The summed E-state index contributed by atoms with van der Waals surface area (Å²) in [6, 6.07) is 2.06. The first-order valence-corrected chi connectivity index (χ1v) is 7.50. The maximum Gasteiger partial charge on any atom is 0.261 e. The quantitative estimate of drug-likeness (QED) is 0.818. The van der Waals surface area contributed by atoms with Crippen LogP contribution in [0.4, 0.5) is 0 Å². The lowest BCUT2D eigenvalue weighted by Crippen LogP contribution is -2.25. The molecule has 1 N–H and O–H groups in total. The van der Waals surface area contributed by atoms with Gasteiger partial charge in [-0.15, -0.1) is 22.9 Å². The molecule has 1 aromatic heterocycles. The molecule has 1 amide bonds. The van der Waals surface area contributed by atoms with E-state index in [0.717, 1.165) is 30.6 Å². The molecule has 0 fully saturated rings. The van der Waals surface area contributed by atoms with E-state index < -0.39 is 0 Å². The average Bonchev–Trinajstić information content (AvgIpc) is 2.88. The van der Waals surface area contributed by atoms with Gasteiger partial charge in [-0.05, 0) is 43.7 Å². The molecule has 1 atom stereocenters. The Morgan fingerprint density at radius 2 is 2.41 bits per heavy atom. The Morgan fingerprint density at radius 3 is 3.12 bits per heavy atom. The zero-order chi connectivity index (χ0) is 12.3. The van der Waals surface area contributed by atoms with Crippen molar-refractivity contribution in [3.8, 4) is 0 Å². The van der Waals surface area contributed by atoms with Crippen LogP contribution in [0.1, 0.15) is 46.3 Å². The molecule has 0 aliphatic heterocycles. The number of thiophene rings is 1. The SMILES string of the molecule is CCC(Cl)CCNC(=O)c1cc2c(s1)CCC2. The third-order valence-electron chi connectivity index (χ3n) is 3.16. The van der Waals surface area contributed by atoms with Gasteiger partial charge in [0.05, 0.1) is 4.88 Å². The molecule has 0 spiro atoms. The van der Waals surface area contributed by atoms with Crippen LogP contribution in [0, 0.1) is 0 Å². The number of hydrogen-bond acceptors (Lipinski definition) is 2. The van der Waals surface area contributed by atoms with Crippen molar-refractivity contribution in [3.05, 3.63) is 21.4 Å². The van der Waals surface area contributed by atoms with E-state index in [0.29, 0.717) is 6.54 Å².